The summed E-state index contributed by atoms with van der Waals surface area (Å²) in [5, 5.41) is 7.28. The summed E-state index contributed by atoms with van der Waals surface area (Å²) >= 11 is 0. The summed E-state index contributed by atoms with van der Waals surface area (Å²) in [7, 11) is 1.91. The van der Waals surface area contributed by atoms with E-state index in [1.807, 2.05) is 55.2 Å². The molecule has 1 atom stereocenters. The molecule has 0 spiro atoms. The van der Waals surface area contributed by atoms with Gasteiger partial charge in [-0.05, 0) is 30.5 Å². The first-order chi connectivity index (χ1) is 12.6. The van der Waals surface area contributed by atoms with Crippen molar-refractivity contribution in [1.29, 1.82) is 0 Å². The number of benzene rings is 2. The number of carbonyl (C=O) groups excluding carboxylic acids is 1. The van der Waals surface area contributed by atoms with E-state index in [9.17, 15) is 4.79 Å². The fourth-order valence-corrected chi connectivity index (χ4v) is 3.24. The normalized spacial score (nSPS) is 12.0. The van der Waals surface area contributed by atoms with Crippen molar-refractivity contribution in [3.8, 4) is 0 Å². The smallest absolute Gasteiger partial charge is 0.221 e. The first kappa shape index (κ1) is 17.9. The number of carbonyl (C=O) groups is 1. The highest BCUT2D eigenvalue weighted by Gasteiger charge is 2.19. The number of nitrogens with zero attached hydrogens (tertiary/aromatic N) is 2. The van der Waals surface area contributed by atoms with E-state index in [0.717, 1.165) is 16.8 Å². The van der Waals surface area contributed by atoms with Gasteiger partial charge in [0.25, 0.3) is 0 Å². The molecule has 0 unspecified atom stereocenters. The molecule has 1 N–H and O–H groups in total. The molecule has 4 nitrogen and oxygen atoms in total. The van der Waals surface area contributed by atoms with Gasteiger partial charge in [0.05, 0.1) is 6.20 Å². The van der Waals surface area contributed by atoms with E-state index in [0.29, 0.717) is 13.0 Å². The lowest BCUT2D eigenvalue weighted by atomic mass is 9.86. The minimum atomic E-state index is 0.0466. The van der Waals surface area contributed by atoms with E-state index in [1.54, 1.807) is 0 Å². The van der Waals surface area contributed by atoms with Gasteiger partial charge in [-0.2, -0.15) is 5.10 Å². The lowest BCUT2D eigenvalue weighted by Crippen LogP contribution is -2.25. The Kier molecular flexibility index (Phi) is 5.52. The van der Waals surface area contributed by atoms with Crippen LogP contribution in [0.25, 0.3) is 0 Å². The molecule has 0 aliphatic heterocycles. The molecule has 1 amide bonds. The molecule has 134 valence electrons. The Bertz CT molecular complexity index is 883. The molecular formula is C22H25N3O. The van der Waals surface area contributed by atoms with Gasteiger partial charge < -0.3 is 5.32 Å². The quantitative estimate of drug-likeness (QED) is 0.736. The molecule has 0 aliphatic rings. The van der Waals surface area contributed by atoms with E-state index in [1.165, 1.54) is 11.1 Å². The van der Waals surface area contributed by atoms with Gasteiger partial charge in [-0.25, -0.2) is 0 Å². The molecular weight excluding hydrogens is 322 g/mol. The first-order valence-electron chi connectivity index (χ1n) is 8.91. The molecule has 26 heavy (non-hydrogen) atoms. The summed E-state index contributed by atoms with van der Waals surface area (Å²) in [4.78, 5) is 12.7. The number of amides is 1. The minimum Gasteiger partial charge on any atom is -0.352 e. The summed E-state index contributed by atoms with van der Waals surface area (Å²) in [5.74, 6) is 0.0951. The number of hydrogen-bond acceptors (Lipinski definition) is 2. The zero-order valence-electron chi connectivity index (χ0n) is 15.6. The summed E-state index contributed by atoms with van der Waals surface area (Å²) in [5.41, 5.74) is 5.69. The fourth-order valence-electron chi connectivity index (χ4n) is 3.24. The van der Waals surface area contributed by atoms with Crippen LogP contribution in [0.15, 0.2) is 60.8 Å². The van der Waals surface area contributed by atoms with E-state index >= 15 is 0 Å². The molecule has 3 rings (SSSR count). The van der Waals surface area contributed by atoms with E-state index in [4.69, 9.17) is 0 Å². The predicted molar refractivity (Wildman–Crippen MR) is 104 cm³/mol. The number of aryl methyl sites for hydroxylation is 2. The summed E-state index contributed by atoms with van der Waals surface area (Å²) in [6, 6.07) is 18.5. The highest BCUT2D eigenvalue weighted by Crippen LogP contribution is 2.30. The fraction of sp³-hybridized carbons (Fsp3) is 0.273. The molecule has 0 aliphatic carbocycles. The Hall–Kier alpha value is -2.88. The first-order valence-corrected chi connectivity index (χ1v) is 8.91. The van der Waals surface area contributed by atoms with Crippen molar-refractivity contribution in [2.45, 2.75) is 32.7 Å². The van der Waals surface area contributed by atoms with Gasteiger partial charge in [-0.1, -0.05) is 54.6 Å². The van der Waals surface area contributed by atoms with Gasteiger partial charge in [0, 0.05) is 37.2 Å². The molecule has 1 heterocycles. The maximum Gasteiger partial charge on any atom is 0.221 e. The average Bonchev–Trinajstić information content (AvgIpc) is 2.98. The van der Waals surface area contributed by atoms with Gasteiger partial charge >= 0.3 is 0 Å². The zero-order chi connectivity index (χ0) is 18.5. The standard InChI is InChI=1S/C22H25N3O/c1-16-9-7-8-12-20(16)21(18-10-5-4-6-11-18)13-22(26)23-14-19-15-24-25(3)17(19)2/h4-12,15,21H,13-14H2,1-3H3,(H,23,26)/t21-/m0/s1. The van der Waals surface area contributed by atoms with Crippen LogP contribution in [0.5, 0.6) is 0 Å². The Morgan fingerprint density at radius 2 is 1.77 bits per heavy atom. The second kappa shape index (κ2) is 8.00. The summed E-state index contributed by atoms with van der Waals surface area (Å²) < 4.78 is 1.82. The van der Waals surface area contributed by atoms with Crippen LogP contribution in [0.3, 0.4) is 0 Å². The van der Waals surface area contributed by atoms with Crippen LogP contribution in [0.1, 0.15) is 40.3 Å². The summed E-state index contributed by atoms with van der Waals surface area (Å²) in [6.07, 6.45) is 2.24. The molecule has 1 aromatic heterocycles. The van der Waals surface area contributed by atoms with Crippen LogP contribution in [-0.4, -0.2) is 15.7 Å². The molecule has 0 bridgehead atoms. The highest BCUT2D eigenvalue weighted by molar-refractivity contribution is 5.77. The van der Waals surface area contributed by atoms with Crippen LogP contribution in [-0.2, 0) is 18.4 Å². The topological polar surface area (TPSA) is 46.9 Å². The van der Waals surface area contributed by atoms with Crippen LogP contribution >= 0.6 is 0 Å². The third-order valence-electron chi connectivity index (χ3n) is 4.97. The van der Waals surface area contributed by atoms with Crippen LogP contribution in [0, 0.1) is 13.8 Å². The lowest BCUT2D eigenvalue weighted by molar-refractivity contribution is -0.121. The minimum absolute atomic E-state index is 0.0466. The Balaban J connectivity index is 1.76. The molecule has 0 saturated heterocycles. The second-order valence-corrected chi connectivity index (χ2v) is 6.68. The Morgan fingerprint density at radius 3 is 2.42 bits per heavy atom. The SMILES string of the molecule is Cc1ccccc1[C@@H](CC(=O)NCc1cnn(C)c1C)c1ccccc1. The predicted octanol–water partition coefficient (Wildman–Crippen LogP) is 3.88. The van der Waals surface area contributed by atoms with Crippen LogP contribution in [0.2, 0.25) is 0 Å². The van der Waals surface area contributed by atoms with Gasteiger partial charge in [0.2, 0.25) is 5.91 Å². The van der Waals surface area contributed by atoms with Crippen molar-refractivity contribution in [2.75, 3.05) is 0 Å². The van der Waals surface area contributed by atoms with Crippen LogP contribution in [0.4, 0.5) is 0 Å². The van der Waals surface area contributed by atoms with Crippen molar-refractivity contribution in [3.05, 3.63) is 88.7 Å². The molecule has 2 aromatic carbocycles. The maximum absolute atomic E-state index is 12.7. The third-order valence-corrected chi connectivity index (χ3v) is 4.97. The monoisotopic (exact) mass is 347 g/mol. The Morgan fingerprint density at radius 1 is 1.08 bits per heavy atom. The van der Waals surface area contributed by atoms with Crippen molar-refractivity contribution >= 4 is 5.91 Å². The van der Waals surface area contributed by atoms with Crippen LogP contribution < -0.4 is 5.32 Å². The van der Waals surface area contributed by atoms with E-state index < -0.39 is 0 Å². The molecule has 0 saturated carbocycles. The van der Waals surface area contributed by atoms with Crippen molar-refractivity contribution in [2.24, 2.45) is 7.05 Å². The Labute approximate surface area is 154 Å². The van der Waals surface area contributed by atoms with Crippen molar-refractivity contribution in [3.63, 3.8) is 0 Å². The number of rotatable bonds is 6. The summed E-state index contributed by atoms with van der Waals surface area (Å²) in [6.45, 7) is 4.62. The van der Waals surface area contributed by atoms with Crippen molar-refractivity contribution < 1.29 is 4.79 Å². The van der Waals surface area contributed by atoms with Gasteiger partial charge in [-0.15, -0.1) is 0 Å². The van der Waals surface area contributed by atoms with Gasteiger partial charge in [0.1, 0.15) is 0 Å². The largest absolute Gasteiger partial charge is 0.352 e. The van der Waals surface area contributed by atoms with Gasteiger partial charge in [-0.3, -0.25) is 9.48 Å². The van der Waals surface area contributed by atoms with E-state index in [2.05, 4.69) is 41.6 Å². The maximum atomic E-state index is 12.7. The second-order valence-electron chi connectivity index (χ2n) is 6.68. The zero-order valence-corrected chi connectivity index (χ0v) is 15.6. The van der Waals surface area contributed by atoms with Gasteiger partial charge in [0.15, 0.2) is 0 Å². The molecule has 0 radical (unpaired) electrons. The average molecular weight is 347 g/mol. The third kappa shape index (κ3) is 4.02. The van der Waals surface area contributed by atoms with E-state index in [-0.39, 0.29) is 11.8 Å². The molecule has 0 fully saturated rings. The highest BCUT2D eigenvalue weighted by atomic mass is 16.1. The lowest BCUT2D eigenvalue weighted by Gasteiger charge is -2.20. The van der Waals surface area contributed by atoms with Crippen molar-refractivity contribution in [1.82, 2.24) is 15.1 Å². The molecule has 4 heteroatoms. The number of aromatic nitrogens is 2. The number of nitrogens with one attached hydrogen (secondary N) is 1. The number of hydrogen-bond donors (Lipinski definition) is 1. The molecule has 3 aromatic rings.